The van der Waals surface area contributed by atoms with E-state index in [-0.39, 0.29) is 9.71 Å². The molecule has 0 unspecified atom stereocenters. The van der Waals surface area contributed by atoms with Gasteiger partial charge in [0.15, 0.2) is 16.6 Å². The van der Waals surface area contributed by atoms with Crippen molar-refractivity contribution in [1.29, 1.82) is 5.26 Å². The van der Waals surface area contributed by atoms with Gasteiger partial charge in [-0.3, -0.25) is 0 Å². The van der Waals surface area contributed by atoms with E-state index in [9.17, 15) is 4.39 Å². The van der Waals surface area contributed by atoms with Gasteiger partial charge in [0.05, 0.1) is 10.2 Å². The molecule has 1 aromatic heterocycles. The summed E-state index contributed by atoms with van der Waals surface area (Å²) >= 11 is 0.931. The first kappa shape index (κ1) is 7.95. The minimum absolute atomic E-state index is 0.194. The zero-order valence-electron chi connectivity index (χ0n) is 6.28. The minimum atomic E-state index is -0.712. The highest BCUT2D eigenvalue weighted by Gasteiger charge is 2.10. The summed E-state index contributed by atoms with van der Waals surface area (Å²) in [6.07, 6.45) is 0. The molecule has 0 saturated carbocycles. The lowest BCUT2D eigenvalue weighted by atomic mass is 10.3. The van der Waals surface area contributed by atoms with E-state index in [2.05, 4.69) is 4.98 Å². The minimum Gasteiger partial charge on any atom is -0.505 e. The predicted octanol–water partition coefficient (Wildman–Crippen LogP) is 2.01. The van der Waals surface area contributed by atoms with E-state index < -0.39 is 11.6 Å². The number of aromatic nitrogens is 1. The Labute approximate surface area is 76.7 Å². The molecule has 1 aromatic carbocycles. The number of thiazole rings is 1. The maximum absolute atomic E-state index is 13.2. The number of phenols is 1. The standard InChI is InChI=1S/C8H3FN2OS/c9-7-5(12)2-1-4-8(7)13-6(3-10)11-4/h1-2,12H. The maximum Gasteiger partial charge on any atom is 0.195 e. The molecule has 0 aliphatic carbocycles. The first-order valence-corrected chi connectivity index (χ1v) is 4.22. The zero-order chi connectivity index (χ0) is 9.42. The molecular formula is C8H3FN2OS. The molecule has 2 aromatic rings. The van der Waals surface area contributed by atoms with Crippen molar-refractivity contribution >= 4 is 21.6 Å². The summed E-state index contributed by atoms with van der Waals surface area (Å²) in [5.41, 5.74) is 0.400. The summed E-state index contributed by atoms with van der Waals surface area (Å²) in [7, 11) is 0. The number of nitrogens with zero attached hydrogens (tertiary/aromatic N) is 2. The van der Waals surface area contributed by atoms with Gasteiger partial charge in [-0.2, -0.15) is 5.26 Å². The smallest absolute Gasteiger partial charge is 0.195 e. The first-order valence-electron chi connectivity index (χ1n) is 3.40. The third-order valence-corrected chi connectivity index (χ3v) is 2.54. The van der Waals surface area contributed by atoms with E-state index in [0.717, 1.165) is 11.3 Å². The Balaban J connectivity index is 2.86. The molecule has 0 fully saturated rings. The summed E-state index contributed by atoms with van der Waals surface area (Å²) < 4.78 is 13.4. The molecule has 0 spiro atoms. The van der Waals surface area contributed by atoms with Gasteiger partial charge in [-0.05, 0) is 12.1 Å². The highest BCUT2D eigenvalue weighted by Crippen LogP contribution is 2.29. The number of rotatable bonds is 0. The molecule has 0 radical (unpaired) electrons. The molecule has 0 saturated heterocycles. The highest BCUT2D eigenvalue weighted by atomic mass is 32.1. The van der Waals surface area contributed by atoms with Crippen molar-refractivity contribution < 1.29 is 9.50 Å². The third-order valence-electron chi connectivity index (χ3n) is 1.57. The van der Waals surface area contributed by atoms with Gasteiger partial charge in [0, 0.05) is 0 Å². The molecule has 1 heterocycles. The lowest BCUT2D eigenvalue weighted by Gasteiger charge is -1.92. The fraction of sp³-hybridized carbons (Fsp3) is 0. The summed E-state index contributed by atoms with van der Waals surface area (Å²) in [5, 5.41) is 17.7. The number of aromatic hydroxyl groups is 1. The van der Waals surface area contributed by atoms with Crippen molar-refractivity contribution in [3.05, 3.63) is 23.0 Å². The van der Waals surface area contributed by atoms with Gasteiger partial charge in [0.1, 0.15) is 6.07 Å². The van der Waals surface area contributed by atoms with Gasteiger partial charge < -0.3 is 5.11 Å². The molecule has 5 heteroatoms. The first-order chi connectivity index (χ1) is 6.22. The second-order valence-electron chi connectivity index (χ2n) is 2.38. The van der Waals surface area contributed by atoms with Gasteiger partial charge >= 0.3 is 0 Å². The summed E-state index contributed by atoms with van der Waals surface area (Å²) in [5.74, 6) is -1.13. The van der Waals surface area contributed by atoms with Crippen LogP contribution in [0.25, 0.3) is 10.2 Å². The van der Waals surface area contributed by atoms with Crippen LogP contribution in [0, 0.1) is 17.1 Å². The van der Waals surface area contributed by atoms with E-state index in [1.165, 1.54) is 12.1 Å². The SMILES string of the molecule is N#Cc1nc2ccc(O)c(F)c2s1. The molecule has 1 N–H and O–H groups in total. The Kier molecular flexibility index (Phi) is 1.64. The van der Waals surface area contributed by atoms with Crippen LogP contribution < -0.4 is 0 Å². The highest BCUT2D eigenvalue weighted by molar-refractivity contribution is 7.19. The molecule has 13 heavy (non-hydrogen) atoms. The van der Waals surface area contributed by atoms with Crippen molar-refractivity contribution in [3.63, 3.8) is 0 Å². The fourth-order valence-corrected chi connectivity index (χ4v) is 1.79. The quantitative estimate of drug-likeness (QED) is 0.697. The predicted molar refractivity (Wildman–Crippen MR) is 46.0 cm³/mol. The monoisotopic (exact) mass is 194 g/mol. The van der Waals surface area contributed by atoms with Gasteiger partial charge in [0.25, 0.3) is 0 Å². The van der Waals surface area contributed by atoms with Crippen LogP contribution in [0.5, 0.6) is 5.75 Å². The van der Waals surface area contributed by atoms with E-state index >= 15 is 0 Å². The van der Waals surface area contributed by atoms with Gasteiger partial charge in [-0.1, -0.05) is 0 Å². The van der Waals surface area contributed by atoms with Crippen LogP contribution in [0.1, 0.15) is 5.01 Å². The lowest BCUT2D eigenvalue weighted by molar-refractivity contribution is 0.436. The van der Waals surface area contributed by atoms with Gasteiger partial charge in [-0.25, -0.2) is 9.37 Å². The molecule has 0 amide bonds. The van der Waals surface area contributed by atoms with E-state index in [1.54, 1.807) is 0 Å². The third kappa shape index (κ3) is 1.12. The number of hydrogen-bond acceptors (Lipinski definition) is 4. The zero-order valence-corrected chi connectivity index (χ0v) is 7.10. The largest absolute Gasteiger partial charge is 0.505 e. The van der Waals surface area contributed by atoms with Crippen LogP contribution in [0.3, 0.4) is 0 Å². The molecule has 2 rings (SSSR count). The van der Waals surface area contributed by atoms with E-state index in [1.807, 2.05) is 6.07 Å². The molecule has 64 valence electrons. The van der Waals surface area contributed by atoms with Crippen molar-refractivity contribution in [2.24, 2.45) is 0 Å². The summed E-state index contributed by atoms with van der Waals surface area (Å²) in [6.45, 7) is 0. The van der Waals surface area contributed by atoms with Crippen molar-refractivity contribution in [2.75, 3.05) is 0 Å². The average molecular weight is 194 g/mol. The molecule has 0 aliphatic rings. The van der Waals surface area contributed by atoms with Crippen LogP contribution in [0.2, 0.25) is 0 Å². The molecule has 0 aliphatic heterocycles. The number of fused-ring (bicyclic) bond motifs is 1. The number of halogens is 1. The Morgan fingerprint density at radius 1 is 1.54 bits per heavy atom. The van der Waals surface area contributed by atoms with E-state index in [0.29, 0.717) is 5.52 Å². The number of benzene rings is 1. The fourth-order valence-electron chi connectivity index (χ4n) is 0.997. The molecule has 0 bridgehead atoms. The normalized spacial score (nSPS) is 10.2. The maximum atomic E-state index is 13.2. The van der Waals surface area contributed by atoms with Gasteiger partial charge in [0.2, 0.25) is 0 Å². The van der Waals surface area contributed by atoms with Crippen LogP contribution in [-0.4, -0.2) is 10.1 Å². The van der Waals surface area contributed by atoms with E-state index in [4.69, 9.17) is 10.4 Å². The van der Waals surface area contributed by atoms with Crippen LogP contribution in [-0.2, 0) is 0 Å². The number of phenolic OH excluding ortho intramolecular Hbond substituents is 1. The second-order valence-corrected chi connectivity index (χ2v) is 3.38. The van der Waals surface area contributed by atoms with Crippen LogP contribution in [0.15, 0.2) is 12.1 Å². The number of hydrogen-bond donors (Lipinski definition) is 1. The Hall–Kier alpha value is -1.67. The summed E-state index contributed by atoms with van der Waals surface area (Å²) in [6, 6.07) is 4.52. The lowest BCUT2D eigenvalue weighted by Crippen LogP contribution is -1.75. The molecular weight excluding hydrogens is 191 g/mol. The number of nitriles is 1. The Morgan fingerprint density at radius 3 is 3.00 bits per heavy atom. The Morgan fingerprint density at radius 2 is 2.31 bits per heavy atom. The average Bonchev–Trinajstić information content (AvgIpc) is 2.55. The summed E-state index contributed by atoms with van der Waals surface area (Å²) in [4.78, 5) is 3.84. The molecule has 0 atom stereocenters. The van der Waals surface area contributed by atoms with Crippen LogP contribution >= 0.6 is 11.3 Å². The van der Waals surface area contributed by atoms with Crippen molar-refractivity contribution in [1.82, 2.24) is 4.98 Å². The van der Waals surface area contributed by atoms with Crippen molar-refractivity contribution in [2.45, 2.75) is 0 Å². The van der Waals surface area contributed by atoms with Crippen LogP contribution in [0.4, 0.5) is 4.39 Å². The van der Waals surface area contributed by atoms with Gasteiger partial charge in [-0.15, -0.1) is 11.3 Å². The topological polar surface area (TPSA) is 56.9 Å². The Bertz CT molecular complexity index is 515. The second kappa shape index (κ2) is 2.68. The molecule has 3 nitrogen and oxygen atoms in total. The van der Waals surface area contributed by atoms with Crippen molar-refractivity contribution in [3.8, 4) is 11.8 Å².